The van der Waals surface area contributed by atoms with E-state index in [2.05, 4.69) is 4.98 Å². The third-order valence-corrected chi connectivity index (χ3v) is 5.92. The lowest BCUT2D eigenvalue weighted by molar-refractivity contribution is 0.0787. The average molecular weight is 345 g/mol. The molecule has 1 saturated heterocycles. The van der Waals surface area contributed by atoms with E-state index in [1.54, 1.807) is 41.3 Å². The number of carbonyl (C=O) groups is 1. The van der Waals surface area contributed by atoms with Gasteiger partial charge in [-0.05, 0) is 37.1 Å². The largest absolute Gasteiger partial charge is 0.337 e. The Labute approximate surface area is 141 Å². The van der Waals surface area contributed by atoms with E-state index in [0.717, 1.165) is 25.9 Å². The van der Waals surface area contributed by atoms with E-state index in [-0.39, 0.29) is 16.5 Å². The molecule has 0 spiro atoms. The van der Waals surface area contributed by atoms with Crippen molar-refractivity contribution in [3.8, 4) is 0 Å². The summed E-state index contributed by atoms with van der Waals surface area (Å²) in [6.45, 7) is 1.45. The summed E-state index contributed by atoms with van der Waals surface area (Å²) in [6.07, 6.45) is 3.46. The Hall–Kier alpha value is -2.41. The van der Waals surface area contributed by atoms with Gasteiger partial charge < -0.3 is 4.90 Å². The Kier molecular flexibility index (Phi) is 4.53. The van der Waals surface area contributed by atoms with E-state index in [1.165, 1.54) is 23.6 Å². The van der Waals surface area contributed by atoms with Gasteiger partial charge in [0.2, 0.25) is 0 Å². The maximum absolute atomic E-state index is 12.7. The Morgan fingerprint density at radius 2 is 1.79 bits per heavy atom. The molecule has 1 fully saturated rings. The molecular formula is C17H19N3O3S. The van der Waals surface area contributed by atoms with Gasteiger partial charge in [0.15, 0.2) is 0 Å². The number of aromatic nitrogens is 1. The van der Waals surface area contributed by atoms with Crippen LogP contribution in [-0.2, 0) is 10.0 Å². The standard InChI is InChI=1S/C17H19N3O3S/c1-19(24(22,23)15-7-3-2-4-8-15)14-9-10-18-16(13-14)17(21)20-11-5-6-12-20/h2-4,7-10,13H,5-6,11-12H2,1H3. The monoisotopic (exact) mass is 345 g/mol. The molecule has 0 bridgehead atoms. The molecule has 7 heteroatoms. The zero-order valence-electron chi connectivity index (χ0n) is 13.4. The van der Waals surface area contributed by atoms with Gasteiger partial charge in [-0.2, -0.15) is 0 Å². The van der Waals surface area contributed by atoms with E-state index in [1.807, 2.05) is 0 Å². The Bertz CT molecular complexity index is 831. The van der Waals surface area contributed by atoms with Gasteiger partial charge in [0.05, 0.1) is 10.6 Å². The number of sulfonamides is 1. The molecule has 24 heavy (non-hydrogen) atoms. The van der Waals surface area contributed by atoms with Crippen LogP contribution in [0.15, 0.2) is 53.6 Å². The maximum Gasteiger partial charge on any atom is 0.272 e. The second kappa shape index (κ2) is 6.60. The molecule has 1 aliphatic rings. The molecule has 0 unspecified atom stereocenters. The summed E-state index contributed by atoms with van der Waals surface area (Å²) in [4.78, 5) is 18.5. The first-order valence-electron chi connectivity index (χ1n) is 7.79. The molecule has 126 valence electrons. The molecule has 0 radical (unpaired) electrons. The van der Waals surface area contributed by atoms with E-state index in [9.17, 15) is 13.2 Å². The SMILES string of the molecule is CN(c1ccnc(C(=O)N2CCCC2)c1)S(=O)(=O)c1ccccc1. The van der Waals surface area contributed by atoms with Crippen LogP contribution in [0.2, 0.25) is 0 Å². The smallest absolute Gasteiger partial charge is 0.272 e. The van der Waals surface area contributed by atoms with Crippen LogP contribution in [0.4, 0.5) is 5.69 Å². The highest BCUT2D eigenvalue weighted by atomic mass is 32.2. The van der Waals surface area contributed by atoms with Crippen LogP contribution in [0.5, 0.6) is 0 Å². The molecule has 1 aromatic carbocycles. The van der Waals surface area contributed by atoms with Crippen LogP contribution in [0.25, 0.3) is 0 Å². The second-order valence-electron chi connectivity index (χ2n) is 5.68. The molecule has 1 amide bonds. The molecule has 3 rings (SSSR count). The van der Waals surface area contributed by atoms with Crippen LogP contribution in [0.1, 0.15) is 23.3 Å². The molecule has 1 aliphatic heterocycles. The molecule has 0 N–H and O–H groups in total. The highest BCUT2D eigenvalue weighted by Crippen LogP contribution is 2.23. The number of rotatable bonds is 4. The topological polar surface area (TPSA) is 70.6 Å². The fourth-order valence-electron chi connectivity index (χ4n) is 2.70. The predicted octanol–water partition coefficient (Wildman–Crippen LogP) is 2.14. The zero-order chi connectivity index (χ0) is 17.2. The van der Waals surface area contributed by atoms with Crippen molar-refractivity contribution >= 4 is 21.6 Å². The third-order valence-electron chi connectivity index (χ3n) is 4.12. The predicted molar refractivity (Wildman–Crippen MR) is 91.4 cm³/mol. The molecule has 0 saturated carbocycles. The van der Waals surface area contributed by atoms with Gasteiger partial charge in [-0.15, -0.1) is 0 Å². The third kappa shape index (κ3) is 3.12. The first-order chi connectivity index (χ1) is 11.5. The first-order valence-corrected chi connectivity index (χ1v) is 9.23. The molecule has 6 nitrogen and oxygen atoms in total. The minimum Gasteiger partial charge on any atom is -0.337 e. The van der Waals surface area contributed by atoms with Crippen molar-refractivity contribution in [2.75, 3.05) is 24.4 Å². The number of carbonyl (C=O) groups excluding carboxylic acids is 1. The van der Waals surface area contributed by atoms with E-state index >= 15 is 0 Å². The van der Waals surface area contributed by atoms with Gasteiger partial charge in [-0.25, -0.2) is 8.42 Å². The number of pyridine rings is 1. The van der Waals surface area contributed by atoms with Gasteiger partial charge in [-0.3, -0.25) is 14.1 Å². The van der Waals surface area contributed by atoms with E-state index < -0.39 is 10.0 Å². The highest BCUT2D eigenvalue weighted by Gasteiger charge is 2.24. The molecule has 0 aliphatic carbocycles. The number of anilines is 1. The van der Waals surface area contributed by atoms with Crippen molar-refractivity contribution in [3.63, 3.8) is 0 Å². The molecule has 2 heterocycles. The Morgan fingerprint density at radius 1 is 1.12 bits per heavy atom. The van der Waals surface area contributed by atoms with Gasteiger partial charge in [-0.1, -0.05) is 18.2 Å². The number of hydrogen-bond donors (Lipinski definition) is 0. The van der Waals surface area contributed by atoms with E-state index in [4.69, 9.17) is 0 Å². The second-order valence-corrected chi connectivity index (χ2v) is 7.65. The zero-order valence-corrected chi connectivity index (χ0v) is 14.2. The summed E-state index contributed by atoms with van der Waals surface area (Å²) < 4.78 is 26.5. The molecule has 1 aromatic heterocycles. The lowest BCUT2D eigenvalue weighted by Gasteiger charge is -2.20. The Balaban J connectivity index is 1.89. The quantitative estimate of drug-likeness (QED) is 0.851. The lowest BCUT2D eigenvalue weighted by atomic mass is 10.3. The summed E-state index contributed by atoms with van der Waals surface area (Å²) in [7, 11) is -2.20. The van der Waals surface area contributed by atoms with Crippen LogP contribution in [-0.4, -0.2) is 44.3 Å². The molecule has 2 aromatic rings. The normalized spacial score (nSPS) is 14.6. The number of benzene rings is 1. The lowest BCUT2D eigenvalue weighted by Crippen LogP contribution is -2.30. The summed E-state index contributed by atoms with van der Waals surface area (Å²) in [5.41, 5.74) is 0.681. The fraction of sp³-hybridized carbons (Fsp3) is 0.294. The van der Waals surface area contributed by atoms with Crippen molar-refractivity contribution in [1.29, 1.82) is 0 Å². The summed E-state index contributed by atoms with van der Waals surface area (Å²) >= 11 is 0. The maximum atomic E-state index is 12.7. The average Bonchev–Trinajstić information content (AvgIpc) is 3.16. The minimum atomic E-state index is -3.67. The fourth-order valence-corrected chi connectivity index (χ4v) is 3.91. The summed E-state index contributed by atoms with van der Waals surface area (Å²) in [5, 5.41) is 0. The van der Waals surface area contributed by atoms with Crippen molar-refractivity contribution in [2.45, 2.75) is 17.7 Å². The van der Waals surface area contributed by atoms with Crippen molar-refractivity contribution in [3.05, 3.63) is 54.4 Å². The molecule has 0 atom stereocenters. The molecular weight excluding hydrogens is 326 g/mol. The van der Waals surface area contributed by atoms with Crippen LogP contribution >= 0.6 is 0 Å². The van der Waals surface area contributed by atoms with Gasteiger partial charge in [0, 0.05) is 26.3 Å². The van der Waals surface area contributed by atoms with Crippen LogP contribution in [0, 0.1) is 0 Å². The van der Waals surface area contributed by atoms with Gasteiger partial charge in [0.1, 0.15) is 5.69 Å². The number of hydrogen-bond acceptors (Lipinski definition) is 4. The van der Waals surface area contributed by atoms with Crippen molar-refractivity contribution < 1.29 is 13.2 Å². The number of amides is 1. The Morgan fingerprint density at radius 3 is 2.46 bits per heavy atom. The minimum absolute atomic E-state index is 0.153. The van der Waals surface area contributed by atoms with Crippen molar-refractivity contribution in [1.82, 2.24) is 9.88 Å². The number of likely N-dealkylation sites (tertiary alicyclic amines) is 1. The van der Waals surface area contributed by atoms with Crippen LogP contribution in [0.3, 0.4) is 0 Å². The summed E-state index contributed by atoms with van der Waals surface area (Å²) in [6, 6.07) is 11.3. The van der Waals surface area contributed by atoms with Crippen molar-refractivity contribution in [2.24, 2.45) is 0 Å². The first kappa shape index (κ1) is 16.4. The number of nitrogens with zero attached hydrogens (tertiary/aromatic N) is 3. The van der Waals surface area contributed by atoms with Crippen LogP contribution < -0.4 is 4.31 Å². The van der Waals surface area contributed by atoms with Gasteiger partial charge in [0.25, 0.3) is 15.9 Å². The highest BCUT2D eigenvalue weighted by molar-refractivity contribution is 7.92. The summed E-state index contributed by atoms with van der Waals surface area (Å²) in [5.74, 6) is -0.153. The van der Waals surface area contributed by atoms with E-state index in [0.29, 0.717) is 5.69 Å². The van der Waals surface area contributed by atoms with Gasteiger partial charge >= 0.3 is 0 Å².